The average Bonchev–Trinajstić information content (AvgIpc) is 3.30. The molecule has 1 aromatic carbocycles. The summed E-state index contributed by atoms with van der Waals surface area (Å²) in [6, 6.07) is 7.97. The average molecular weight is 294 g/mol. The van der Waals surface area contributed by atoms with Crippen molar-refractivity contribution in [1.29, 1.82) is 0 Å². The van der Waals surface area contributed by atoms with Crippen LogP contribution in [0.25, 0.3) is 16.9 Å². The van der Waals surface area contributed by atoms with Gasteiger partial charge in [-0.25, -0.2) is 9.97 Å². The van der Waals surface area contributed by atoms with Crippen LogP contribution in [0.3, 0.4) is 0 Å². The number of anilines is 1. The Kier molecular flexibility index (Phi) is 3.18. The van der Waals surface area contributed by atoms with Crippen molar-refractivity contribution in [3.05, 3.63) is 42.9 Å². The number of para-hydroxylation sites is 1. The summed E-state index contributed by atoms with van der Waals surface area (Å²) in [5.74, 6) is 2.48. The molecule has 1 aliphatic carbocycles. The third-order valence-corrected chi connectivity index (χ3v) is 4.07. The summed E-state index contributed by atoms with van der Waals surface area (Å²) >= 11 is 0. The van der Waals surface area contributed by atoms with Gasteiger partial charge in [0.2, 0.25) is 0 Å². The molecule has 22 heavy (non-hydrogen) atoms. The van der Waals surface area contributed by atoms with E-state index in [2.05, 4.69) is 19.7 Å². The number of hydrogen-bond donors (Lipinski definition) is 1. The highest BCUT2D eigenvalue weighted by Crippen LogP contribution is 2.32. The molecule has 4 rings (SSSR count). The predicted molar refractivity (Wildman–Crippen MR) is 86.2 cm³/mol. The van der Waals surface area contributed by atoms with E-state index in [1.165, 1.54) is 12.8 Å². The first kappa shape index (κ1) is 13.1. The van der Waals surface area contributed by atoms with Crippen molar-refractivity contribution in [2.75, 3.05) is 19.0 Å². The summed E-state index contributed by atoms with van der Waals surface area (Å²) in [4.78, 5) is 8.98. The van der Waals surface area contributed by atoms with Crippen molar-refractivity contribution >= 4 is 11.5 Å². The Morgan fingerprint density at radius 1 is 1.27 bits per heavy atom. The van der Waals surface area contributed by atoms with E-state index >= 15 is 0 Å². The Balaban J connectivity index is 1.77. The molecule has 2 aromatic heterocycles. The summed E-state index contributed by atoms with van der Waals surface area (Å²) in [5.41, 5.74) is 2.88. The zero-order valence-corrected chi connectivity index (χ0v) is 12.5. The molecule has 0 saturated heterocycles. The quantitative estimate of drug-likeness (QED) is 0.785. The third-order valence-electron chi connectivity index (χ3n) is 4.07. The fraction of sp³-hybridized carbons (Fsp3) is 0.294. The van der Waals surface area contributed by atoms with Crippen molar-refractivity contribution in [3.8, 4) is 17.0 Å². The van der Waals surface area contributed by atoms with Crippen LogP contribution in [-0.4, -0.2) is 28.0 Å². The van der Waals surface area contributed by atoms with Crippen molar-refractivity contribution in [3.63, 3.8) is 0 Å². The highest BCUT2D eigenvalue weighted by molar-refractivity contribution is 5.73. The maximum absolute atomic E-state index is 5.46. The van der Waals surface area contributed by atoms with E-state index in [1.54, 1.807) is 7.11 Å². The lowest BCUT2D eigenvalue weighted by Crippen LogP contribution is -2.06. The Morgan fingerprint density at radius 2 is 2.14 bits per heavy atom. The van der Waals surface area contributed by atoms with E-state index in [0.29, 0.717) is 0 Å². The van der Waals surface area contributed by atoms with Crippen LogP contribution >= 0.6 is 0 Å². The molecule has 0 amide bonds. The Labute approximate surface area is 129 Å². The molecule has 5 nitrogen and oxygen atoms in total. The van der Waals surface area contributed by atoms with E-state index in [0.717, 1.165) is 40.9 Å². The van der Waals surface area contributed by atoms with Gasteiger partial charge in [-0.1, -0.05) is 12.1 Å². The first-order valence-corrected chi connectivity index (χ1v) is 7.56. The number of methoxy groups -OCH3 is 1. The van der Waals surface area contributed by atoms with Crippen LogP contribution in [0.2, 0.25) is 0 Å². The summed E-state index contributed by atoms with van der Waals surface area (Å²) < 4.78 is 7.52. The molecule has 0 spiro atoms. The SMILES string of the molecule is COc1ccccc1-c1cnc2c(NCC3CC3)nccn12. The second kappa shape index (κ2) is 5.33. The first-order chi connectivity index (χ1) is 10.9. The minimum atomic E-state index is 0.797. The number of nitrogens with zero attached hydrogens (tertiary/aromatic N) is 3. The lowest BCUT2D eigenvalue weighted by atomic mass is 10.1. The van der Waals surface area contributed by atoms with Crippen molar-refractivity contribution < 1.29 is 4.74 Å². The van der Waals surface area contributed by atoms with E-state index in [-0.39, 0.29) is 0 Å². The maximum atomic E-state index is 5.46. The number of aromatic nitrogens is 3. The van der Waals surface area contributed by atoms with Gasteiger partial charge in [-0.2, -0.15) is 0 Å². The normalized spacial score (nSPS) is 14.2. The number of benzene rings is 1. The minimum absolute atomic E-state index is 0.797. The number of hydrogen-bond acceptors (Lipinski definition) is 4. The van der Waals surface area contributed by atoms with Gasteiger partial charge in [0.1, 0.15) is 5.75 Å². The molecule has 1 fully saturated rings. The van der Waals surface area contributed by atoms with Crippen LogP contribution in [0.4, 0.5) is 5.82 Å². The van der Waals surface area contributed by atoms with Crippen LogP contribution in [0.1, 0.15) is 12.8 Å². The van der Waals surface area contributed by atoms with E-state index in [4.69, 9.17) is 4.74 Å². The third kappa shape index (κ3) is 2.28. The zero-order chi connectivity index (χ0) is 14.9. The summed E-state index contributed by atoms with van der Waals surface area (Å²) in [7, 11) is 1.69. The predicted octanol–water partition coefficient (Wildman–Crippen LogP) is 3.23. The molecule has 0 atom stereocenters. The summed E-state index contributed by atoms with van der Waals surface area (Å²) in [5, 5.41) is 3.42. The van der Waals surface area contributed by atoms with Crippen LogP contribution in [0.15, 0.2) is 42.9 Å². The van der Waals surface area contributed by atoms with E-state index in [9.17, 15) is 0 Å². The molecule has 0 bridgehead atoms. The second-order valence-electron chi connectivity index (χ2n) is 5.64. The van der Waals surface area contributed by atoms with Gasteiger partial charge >= 0.3 is 0 Å². The molecule has 1 saturated carbocycles. The number of fused-ring (bicyclic) bond motifs is 1. The fourth-order valence-corrected chi connectivity index (χ4v) is 2.66. The zero-order valence-electron chi connectivity index (χ0n) is 12.5. The van der Waals surface area contributed by atoms with Gasteiger partial charge in [0.05, 0.1) is 19.0 Å². The van der Waals surface area contributed by atoms with Gasteiger partial charge in [0, 0.05) is 24.5 Å². The van der Waals surface area contributed by atoms with Gasteiger partial charge < -0.3 is 10.1 Å². The summed E-state index contributed by atoms with van der Waals surface area (Å²) in [6.07, 6.45) is 8.25. The summed E-state index contributed by atoms with van der Waals surface area (Å²) in [6.45, 7) is 0.976. The van der Waals surface area contributed by atoms with E-state index in [1.807, 2.05) is 42.9 Å². The van der Waals surface area contributed by atoms with Crippen molar-refractivity contribution in [2.24, 2.45) is 5.92 Å². The lowest BCUT2D eigenvalue weighted by molar-refractivity contribution is 0.416. The molecule has 112 valence electrons. The monoisotopic (exact) mass is 294 g/mol. The molecular weight excluding hydrogens is 276 g/mol. The van der Waals surface area contributed by atoms with Crippen LogP contribution in [0.5, 0.6) is 5.75 Å². The molecule has 1 aliphatic rings. The van der Waals surface area contributed by atoms with Crippen LogP contribution in [-0.2, 0) is 0 Å². The molecule has 0 unspecified atom stereocenters. The van der Waals surface area contributed by atoms with Crippen LogP contribution in [0, 0.1) is 5.92 Å². The van der Waals surface area contributed by atoms with E-state index < -0.39 is 0 Å². The molecule has 3 aromatic rings. The number of imidazole rings is 1. The van der Waals surface area contributed by atoms with Gasteiger partial charge in [-0.15, -0.1) is 0 Å². The smallest absolute Gasteiger partial charge is 0.180 e. The second-order valence-corrected chi connectivity index (χ2v) is 5.64. The van der Waals surface area contributed by atoms with Crippen LogP contribution < -0.4 is 10.1 Å². The standard InChI is InChI=1S/C17H18N4O/c1-22-15-5-3-2-4-13(15)14-11-20-17-16(18-8-9-21(14)17)19-10-12-6-7-12/h2-5,8-9,11-12H,6-7,10H2,1H3,(H,18,19). The Hall–Kier alpha value is -2.56. The van der Waals surface area contributed by atoms with Gasteiger partial charge in [-0.3, -0.25) is 4.40 Å². The Bertz CT molecular complexity index is 807. The minimum Gasteiger partial charge on any atom is -0.496 e. The maximum Gasteiger partial charge on any atom is 0.180 e. The van der Waals surface area contributed by atoms with Crippen molar-refractivity contribution in [2.45, 2.75) is 12.8 Å². The Morgan fingerprint density at radius 3 is 2.95 bits per heavy atom. The number of rotatable bonds is 5. The first-order valence-electron chi connectivity index (χ1n) is 7.56. The molecule has 0 radical (unpaired) electrons. The van der Waals surface area contributed by atoms with Crippen molar-refractivity contribution in [1.82, 2.24) is 14.4 Å². The fourth-order valence-electron chi connectivity index (χ4n) is 2.66. The lowest BCUT2D eigenvalue weighted by Gasteiger charge is -2.09. The molecule has 5 heteroatoms. The number of nitrogens with one attached hydrogen (secondary N) is 1. The van der Waals surface area contributed by atoms with Gasteiger partial charge in [0.15, 0.2) is 11.5 Å². The number of ether oxygens (including phenoxy) is 1. The molecule has 2 heterocycles. The highest BCUT2D eigenvalue weighted by atomic mass is 16.5. The highest BCUT2D eigenvalue weighted by Gasteiger charge is 2.21. The molecule has 0 aliphatic heterocycles. The molecule has 1 N–H and O–H groups in total. The van der Waals surface area contributed by atoms with Gasteiger partial charge in [0.25, 0.3) is 0 Å². The topological polar surface area (TPSA) is 51.5 Å². The van der Waals surface area contributed by atoms with Gasteiger partial charge in [-0.05, 0) is 30.9 Å². The molecular formula is C17H18N4O. The largest absolute Gasteiger partial charge is 0.496 e.